The molecule has 1 aliphatic heterocycles. The number of nitrogens with zero attached hydrogens (tertiary/aromatic N) is 1. The van der Waals surface area contributed by atoms with E-state index in [-0.39, 0.29) is 4.91 Å². The van der Waals surface area contributed by atoms with Gasteiger partial charge in [0.1, 0.15) is 12.4 Å². The van der Waals surface area contributed by atoms with E-state index in [1.165, 1.54) is 24.3 Å². The molecule has 1 aliphatic rings. The topological polar surface area (TPSA) is 95.6 Å². The summed E-state index contributed by atoms with van der Waals surface area (Å²) in [7, 11) is 0. The van der Waals surface area contributed by atoms with Crippen LogP contribution in [0.2, 0.25) is 0 Å². The molecule has 0 saturated carbocycles. The van der Waals surface area contributed by atoms with E-state index in [0.717, 1.165) is 16.5 Å². The van der Waals surface area contributed by atoms with Gasteiger partial charge in [-0.3, -0.25) is 24.1 Å². The number of nitrogens with one attached hydrogen (secondary N) is 2. The molecule has 0 unspecified atom stereocenters. The lowest BCUT2D eigenvalue weighted by Crippen LogP contribution is -2.36. The monoisotopic (exact) mass is 413 g/mol. The molecule has 3 rings (SSSR count). The Balaban J connectivity index is 1.62. The Bertz CT molecular complexity index is 1020. The molecule has 29 heavy (non-hydrogen) atoms. The number of rotatable bonds is 5. The molecule has 2 aromatic carbocycles. The summed E-state index contributed by atoms with van der Waals surface area (Å²) < 4.78 is 12.9. The fraction of sp³-hybridized carbons (Fsp3) is 0.100. The highest BCUT2D eigenvalue weighted by atomic mass is 32.2. The molecule has 0 spiro atoms. The summed E-state index contributed by atoms with van der Waals surface area (Å²) in [5.41, 5.74) is 1.84. The molecular weight excluding hydrogens is 397 g/mol. The number of aryl methyl sites for hydroxylation is 1. The highest BCUT2D eigenvalue weighted by molar-refractivity contribution is 8.18. The zero-order chi connectivity index (χ0) is 21.0. The number of hydrogen-bond acceptors (Lipinski definition) is 5. The van der Waals surface area contributed by atoms with Crippen LogP contribution in [0.3, 0.4) is 0 Å². The molecule has 4 amide bonds. The number of carbonyl (C=O) groups excluding carboxylic acids is 4. The third-order valence-electron chi connectivity index (χ3n) is 3.85. The molecular formula is C20H16FN3O4S. The average Bonchev–Trinajstić information content (AvgIpc) is 2.91. The van der Waals surface area contributed by atoms with Crippen molar-refractivity contribution >= 4 is 46.1 Å². The van der Waals surface area contributed by atoms with E-state index in [9.17, 15) is 23.6 Å². The van der Waals surface area contributed by atoms with Gasteiger partial charge in [-0.1, -0.05) is 12.1 Å². The third kappa shape index (κ3) is 5.29. The van der Waals surface area contributed by atoms with Crippen molar-refractivity contribution in [2.45, 2.75) is 6.92 Å². The van der Waals surface area contributed by atoms with Crippen molar-refractivity contribution in [1.82, 2.24) is 4.90 Å². The maximum absolute atomic E-state index is 12.9. The molecule has 1 saturated heterocycles. The van der Waals surface area contributed by atoms with E-state index in [4.69, 9.17) is 0 Å². The Hall–Kier alpha value is -3.46. The predicted octanol–water partition coefficient (Wildman–Crippen LogP) is 3.29. The zero-order valence-electron chi connectivity index (χ0n) is 15.3. The molecule has 0 aliphatic carbocycles. The van der Waals surface area contributed by atoms with Crippen molar-refractivity contribution in [3.8, 4) is 0 Å². The second-order valence-corrected chi connectivity index (χ2v) is 7.17. The molecule has 0 aromatic heterocycles. The van der Waals surface area contributed by atoms with Gasteiger partial charge in [0.2, 0.25) is 11.8 Å². The molecule has 2 N–H and O–H groups in total. The van der Waals surface area contributed by atoms with E-state index in [2.05, 4.69) is 10.6 Å². The highest BCUT2D eigenvalue weighted by Gasteiger charge is 2.36. The minimum absolute atomic E-state index is 0.0991. The Labute approximate surface area is 170 Å². The van der Waals surface area contributed by atoms with Gasteiger partial charge >= 0.3 is 0 Å². The van der Waals surface area contributed by atoms with Crippen molar-refractivity contribution in [1.29, 1.82) is 0 Å². The van der Waals surface area contributed by atoms with Gasteiger partial charge in [0.05, 0.1) is 4.91 Å². The van der Waals surface area contributed by atoms with Crippen LogP contribution in [0.4, 0.5) is 20.6 Å². The maximum Gasteiger partial charge on any atom is 0.294 e. The van der Waals surface area contributed by atoms with E-state index in [0.29, 0.717) is 23.1 Å². The number of hydrogen-bond donors (Lipinski definition) is 2. The third-order valence-corrected chi connectivity index (χ3v) is 4.76. The largest absolute Gasteiger partial charge is 0.325 e. The minimum Gasteiger partial charge on any atom is -0.325 e. The Morgan fingerprint density at radius 2 is 1.79 bits per heavy atom. The smallest absolute Gasteiger partial charge is 0.294 e. The van der Waals surface area contributed by atoms with Crippen LogP contribution in [-0.4, -0.2) is 34.4 Å². The molecule has 9 heteroatoms. The van der Waals surface area contributed by atoms with Crippen LogP contribution in [-0.2, 0) is 14.4 Å². The normalized spacial score (nSPS) is 15.0. The van der Waals surface area contributed by atoms with Gasteiger partial charge in [0.15, 0.2) is 0 Å². The summed E-state index contributed by atoms with van der Waals surface area (Å²) >= 11 is 0.572. The number of benzene rings is 2. The predicted molar refractivity (Wildman–Crippen MR) is 108 cm³/mol. The minimum atomic E-state index is -0.728. The van der Waals surface area contributed by atoms with Gasteiger partial charge in [0.25, 0.3) is 11.1 Å². The Morgan fingerprint density at radius 1 is 1.07 bits per heavy atom. The molecule has 1 heterocycles. The van der Waals surface area contributed by atoms with E-state index in [1.54, 1.807) is 18.2 Å². The molecule has 2 aromatic rings. The van der Waals surface area contributed by atoms with Crippen LogP contribution < -0.4 is 10.6 Å². The van der Waals surface area contributed by atoms with Crippen LogP contribution >= 0.6 is 11.8 Å². The number of thioether (sulfide) groups is 1. The lowest BCUT2D eigenvalue weighted by atomic mass is 10.2. The summed E-state index contributed by atoms with van der Waals surface area (Å²) in [6.07, 6.45) is 0.979. The molecule has 148 valence electrons. The first-order valence-corrected chi connectivity index (χ1v) is 9.32. The lowest BCUT2D eigenvalue weighted by Gasteiger charge is -2.12. The Morgan fingerprint density at radius 3 is 2.48 bits per heavy atom. The van der Waals surface area contributed by atoms with Gasteiger partial charge in [-0.05, 0) is 60.6 Å². The average molecular weight is 413 g/mol. The molecule has 0 bridgehead atoms. The molecule has 0 atom stereocenters. The quantitative estimate of drug-likeness (QED) is 0.734. The van der Waals surface area contributed by atoms with Gasteiger partial charge < -0.3 is 10.6 Å². The van der Waals surface area contributed by atoms with Gasteiger partial charge in [-0.25, -0.2) is 4.39 Å². The van der Waals surface area contributed by atoms with Crippen molar-refractivity contribution in [3.05, 3.63) is 70.9 Å². The zero-order valence-corrected chi connectivity index (χ0v) is 16.1. The summed E-state index contributed by atoms with van der Waals surface area (Å²) in [5, 5.41) is 4.44. The summed E-state index contributed by atoms with van der Waals surface area (Å²) in [5.74, 6) is -2.36. The fourth-order valence-corrected chi connectivity index (χ4v) is 3.34. The van der Waals surface area contributed by atoms with Crippen molar-refractivity contribution in [3.63, 3.8) is 0 Å². The van der Waals surface area contributed by atoms with Crippen LogP contribution in [0.5, 0.6) is 0 Å². The number of anilines is 2. The van der Waals surface area contributed by atoms with Crippen molar-refractivity contribution < 1.29 is 23.6 Å². The van der Waals surface area contributed by atoms with E-state index >= 15 is 0 Å². The second-order valence-electron chi connectivity index (χ2n) is 6.18. The van der Waals surface area contributed by atoms with Crippen LogP contribution in [0.25, 0.3) is 0 Å². The summed E-state index contributed by atoms with van der Waals surface area (Å²) in [6.45, 7) is 1.41. The fourth-order valence-electron chi connectivity index (χ4n) is 2.53. The number of amides is 4. The highest BCUT2D eigenvalue weighted by Crippen LogP contribution is 2.30. The Kier molecular flexibility index (Phi) is 6.08. The first-order valence-electron chi connectivity index (χ1n) is 8.50. The first-order chi connectivity index (χ1) is 13.8. The summed E-state index contributed by atoms with van der Waals surface area (Å²) in [6, 6.07) is 12.2. The van der Waals surface area contributed by atoms with Crippen molar-refractivity contribution in [2.75, 3.05) is 17.2 Å². The van der Waals surface area contributed by atoms with Crippen LogP contribution in [0.15, 0.2) is 59.5 Å². The SMILES string of the molecule is Cc1cccc(NC(=O)CN2C(=O)S/C(=C\C(=O)Nc3ccc(F)cc3)C2=O)c1. The standard InChI is InChI=1S/C20H16FN3O4S/c1-12-3-2-4-15(9-12)23-18(26)11-24-19(27)16(29-20(24)28)10-17(25)22-14-7-5-13(21)6-8-14/h2-10H,11H2,1H3,(H,22,25)(H,23,26)/b16-10-. The van der Waals surface area contributed by atoms with Crippen LogP contribution in [0.1, 0.15) is 5.56 Å². The molecule has 1 fully saturated rings. The van der Waals surface area contributed by atoms with E-state index in [1.807, 2.05) is 13.0 Å². The second kappa shape index (κ2) is 8.70. The first kappa shape index (κ1) is 20.3. The van der Waals surface area contributed by atoms with Crippen molar-refractivity contribution in [2.24, 2.45) is 0 Å². The number of halogens is 1. The summed E-state index contributed by atoms with van der Waals surface area (Å²) in [4.78, 5) is 49.4. The number of imide groups is 1. The maximum atomic E-state index is 12.9. The molecule has 7 nitrogen and oxygen atoms in total. The molecule has 0 radical (unpaired) electrons. The van der Waals surface area contributed by atoms with E-state index < -0.39 is 35.3 Å². The van der Waals surface area contributed by atoms with Gasteiger partial charge in [-0.15, -0.1) is 0 Å². The lowest BCUT2D eigenvalue weighted by molar-refractivity contribution is -0.127. The number of carbonyl (C=O) groups is 4. The van der Waals surface area contributed by atoms with Crippen LogP contribution in [0, 0.1) is 12.7 Å². The van der Waals surface area contributed by atoms with Gasteiger partial charge in [-0.2, -0.15) is 0 Å². The van der Waals surface area contributed by atoms with Gasteiger partial charge in [0, 0.05) is 17.5 Å².